The maximum Gasteiger partial charge on any atom is 0.303 e. The summed E-state index contributed by atoms with van der Waals surface area (Å²) in [6.07, 6.45) is 14.9. The number of hydrogen-bond donors (Lipinski definition) is 1. The van der Waals surface area contributed by atoms with Gasteiger partial charge >= 0.3 is 5.97 Å². The van der Waals surface area contributed by atoms with Crippen molar-refractivity contribution in [1.29, 1.82) is 0 Å². The van der Waals surface area contributed by atoms with Crippen LogP contribution in [0.2, 0.25) is 0 Å². The quantitative estimate of drug-likeness (QED) is 0.289. The molecule has 0 aromatic rings. The standard InChI is InChI=1S/C32H56O2.C8H14O3/c1-21(2)22-12-17-32(20-33-8)19-18-30(6)23(27(22)32)10-11-25-29(5)15-14-26(34-9)28(3,4)24(29)13-16-31(25,30)7;1-6(9)4-8(2,3)5-7(10)11/h21-27H,10-20H2,1-9H3;4-5H2,1-3H3,(H,10,11)/t22-,23?,24?,25?,26?,27?,29-,30+,31+,32+;/m0./s1. The Hall–Kier alpha value is -0.940. The van der Waals surface area contributed by atoms with Crippen LogP contribution in [0.25, 0.3) is 0 Å². The van der Waals surface area contributed by atoms with Gasteiger partial charge in [-0.1, -0.05) is 62.3 Å². The van der Waals surface area contributed by atoms with Crippen molar-refractivity contribution >= 4 is 11.8 Å². The topological polar surface area (TPSA) is 72.8 Å². The predicted molar refractivity (Wildman–Crippen MR) is 183 cm³/mol. The van der Waals surface area contributed by atoms with E-state index in [4.69, 9.17) is 14.6 Å². The molecule has 5 aliphatic carbocycles. The van der Waals surface area contributed by atoms with Crippen LogP contribution in [0.5, 0.6) is 0 Å². The van der Waals surface area contributed by atoms with Gasteiger partial charge in [0.05, 0.1) is 19.1 Å². The Balaban J connectivity index is 0.000000360. The van der Waals surface area contributed by atoms with Gasteiger partial charge in [-0.2, -0.15) is 0 Å². The van der Waals surface area contributed by atoms with E-state index in [0.29, 0.717) is 34.2 Å². The lowest BCUT2D eigenvalue weighted by atomic mass is 9.32. The lowest BCUT2D eigenvalue weighted by Gasteiger charge is -2.73. The van der Waals surface area contributed by atoms with Gasteiger partial charge in [-0.05, 0) is 139 Å². The molecule has 5 unspecified atom stereocenters. The van der Waals surface area contributed by atoms with Crippen molar-refractivity contribution in [2.24, 2.45) is 68.0 Å². The fraction of sp³-hybridized carbons (Fsp3) is 0.950. The minimum atomic E-state index is -0.851. The van der Waals surface area contributed by atoms with Crippen molar-refractivity contribution in [2.45, 2.75) is 152 Å². The van der Waals surface area contributed by atoms with E-state index < -0.39 is 11.4 Å². The molecule has 0 bridgehead atoms. The Labute approximate surface area is 276 Å². The summed E-state index contributed by atoms with van der Waals surface area (Å²) in [4.78, 5) is 20.9. The number of methoxy groups -OCH3 is 2. The van der Waals surface area contributed by atoms with Gasteiger partial charge in [-0.3, -0.25) is 4.79 Å². The number of aliphatic carboxylic acids is 1. The molecule has 5 fully saturated rings. The molecule has 0 spiro atoms. The summed E-state index contributed by atoms with van der Waals surface area (Å²) in [7, 11) is 3.91. The highest BCUT2D eigenvalue weighted by molar-refractivity contribution is 5.77. The smallest absolute Gasteiger partial charge is 0.303 e. The van der Waals surface area contributed by atoms with Crippen LogP contribution in [0, 0.1) is 68.0 Å². The Bertz CT molecular complexity index is 1060. The number of ether oxygens (including phenoxy) is 2. The Morgan fingerprint density at radius 1 is 0.822 bits per heavy atom. The van der Waals surface area contributed by atoms with Crippen LogP contribution in [0.1, 0.15) is 146 Å². The first-order valence-electron chi connectivity index (χ1n) is 18.5. The predicted octanol–water partition coefficient (Wildman–Crippen LogP) is 9.85. The fourth-order valence-corrected chi connectivity index (χ4v) is 13.6. The number of carbonyl (C=O) groups is 2. The molecular formula is C40H70O5. The number of hydrogen-bond acceptors (Lipinski definition) is 4. The minimum absolute atomic E-state index is 0.0382. The largest absolute Gasteiger partial charge is 0.481 e. The number of ketones is 1. The summed E-state index contributed by atoms with van der Waals surface area (Å²) in [6.45, 7) is 24.4. The molecule has 0 aromatic heterocycles. The van der Waals surface area contributed by atoms with Crippen molar-refractivity contribution in [3.8, 4) is 0 Å². The maximum absolute atomic E-state index is 10.6. The van der Waals surface area contributed by atoms with Crippen LogP contribution in [0.4, 0.5) is 0 Å². The number of carboxylic acid groups (broad SMARTS) is 1. The minimum Gasteiger partial charge on any atom is -0.481 e. The van der Waals surface area contributed by atoms with Crippen molar-refractivity contribution in [1.82, 2.24) is 0 Å². The second-order valence-electron chi connectivity index (χ2n) is 19.1. The van der Waals surface area contributed by atoms with E-state index in [1.54, 1.807) is 13.8 Å². The van der Waals surface area contributed by atoms with Crippen LogP contribution in [0.15, 0.2) is 0 Å². The van der Waals surface area contributed by atoms with Gasteiger partial charge in [0.15, 0.2) is 0 Å². The zero-order valence-corrected chi connectivity index (χ0v) is 31.3. The fourth-order valence-electron chi connectivity index (χ4n) is 13.6. The summed E-state index contributed by atoms with van der Waals surface area (Å²) in [5, 5.41) is 8.45. The van der Waals surface area contributed by atoms with Crippen LogP contribution in [-0.2, 0) is 19.1 Å². The molecule has 5 rings (SSSR count). The molecule has 1 N–H and O–H groups in total. The molecule has 5 saturated carbocycles. The lowest BCUT2D eigenvalue weighted by molar-refractivity contribution is -0.253. The molecule has 0 heterocycles. The molecule has 10 atom stereocenters. The van der Waals surface area contributed by atoms with Crippen molar-refractivity contribution in [3.05, 3.63) is 0 Å². The molecule has 5 aliphatic rings. The van der Waals surface area contributed by atoms with Crippen LogP contribution in [0.3, 0.4) is 0 Å². The second kappa shape index (κ2) is 12.8. The van der Waals surface area contributed by atoms with E-state index in [1.165, 1.54) is 71.1 Å². The molecule has 0 amide bonds. The zero-order chi connectivity index (χ0) is 33.8. The highest BCUT2D eigenvalue weighted by Crippen LogP contribution is 2.77. The van der Waals surface area contributed by atoms with E-state index in [1.807, 2.05) is 14.2 Å². The van der Waals surface area contributed by atoms with E-state index in [-0.39, 0.29) is 17.6 Å². The number of Topliss-reactive ketones (excluding diaryl/α,β-unsaturated/α-hetero) is 1. The Morgan fingerprint density at radius 2 is 1.49 bits per heavy atom. The van der Waals surface area contributed by atoms with Gasteiger partial charge in [0.25, 0.3) is 0 Å². The molecule has 0 radical (unpaired) electrons. The highest BCUT2D eigenvalue weighted by atomic mass is 16.5. The molecule has 0 saturated heterocycles. The van der Waals surface area contributed by atoms with Gasteiger partial charge in [0, 0.05) is 20.6 Å². The molecule has 0 aromatic carbocycles. The third kappa shape index (κ3) is 6.22. The van der Waals surface area contributed by atoms with Gasteiger partial charge < -0.3 is 19.4 Å². The number of fused-ring (bicyclic) bond motifs is 7. The Morgan fingerprint density at radius 3 is 2.04 bits per heavy atom. The SMILES string of the molecule is CC(=O)CC(C)(C)CC(=O)O.COC[C@]12CC[C@@H](C(C)C)C1C1CCC3[C@@]4(C)CCC(OC)C(C)(C)C4CC[C@@]3(C)[C@]1(C)CC2. The van der Waals surface area contributed by atoms with Crippen molar-refractivity contribution in [3.63, 3.8) is 0 Å². The molecular weight excluding hydrogens is 560 g/mol. The molecule has 260 valence electrons. The maximum atomic E-state index is 10.6. The van der Waals surface area contributed by atoms with Gasteiger partial charge in [-0.15, -0.1) is 0 Å². The average molecular weight is 631 g/mol. The third-order valence-corrected chi connectivity index (χ3v) is 15.5. The Kier molecular flexibility index (Phi) is 10.5. The first-order valence-corrected chi connectivity index (χ1v) is 18.5. The molecule has 5 nitrogen and oxygen atoms in total. The summed E-state index contributed by atoms with van der Waals surface area (Å²) in [6, 6.07) is 0. The first kappa shape index (κ1) is 36.9. The highest BCUT2D eigenvalue weighted by Gasteiger charge is 2.71. The van der Waals surface area contributed by atoms with E-state index in [0.717, 1.165) is 42.1 Å². The summed E-state index contributed by atoms with van der Waals surface area (Å²) < 4.78 is 12.0. The molecule has 0 aliphatic heterocycles. The van der Waals surface area contributed by atoms with Gasteiger partial charge in [-0.25, -0.2) is 0 Å². The van der Waals surface area contributed by atoms with Crippen LogP contribution < -0.4 is 0 Å². The van der Waals surface area contributed by atoms with E-state index in [2.05, 4.69) is 48.5 Å². The number of carbonyl (C=O) groups excluding carboxylic acids is 1. The number of carboxylic acids is 1. The average Bonchev–Trinajstić information content (AvgIpc) is 3.28. The van der Waals surface area contributed by atoms with E-state index >= 15 is 0 Å². The molecule has 5 heteroatoms. The number of rotatable bonds is 8. The van der Waals surface area contributed by atoms with Gasteiger partial charge in [0.2, 0.25) is 0 Å². The van der Waals surface area contributed by atoms with Crippen LogP contribution in [-0.4, -0.2) is 43.8 Å². The third-order valence-electron chi connectivity index (χ3n) is 15.5. The zero-order valence-electron chi connectivity index (χ0n) is 31.3. The van der Waals surface area contributed by atoms with Crippen molar-refractivity contribution < 1.29 is 24.2 Å². The lowest BCUT2D eigenvalue weighted by Crippen LogP contribution is -2.67. The monoisotopic (exact) mass is 631 g/mol. The van der Waals surface area contributed by atoms with Crippen molar-refractivity contribution in [2.75, 3.05) is 20.8 Å². The normalized spacial score (nSPS) is 43.7. The first-order chi connectivity index (χ1) is 20.7. The van der Waals surface area contributed by atoms with E-state index in [9.17, 15) is 9.59 Å². The second-order valence-corrected chi connectivity index (χ2v) is 19.1. The van der Waals surface area contributed by atoms with Gasteiger partial charge in [0.1, 0.15) is 5.78 Å². The summed E-state index contributed by atoms with van der Waals surface area (Å²) in [5.74, 6) is 4.30. The summed E-state index contributed by atoms with van der Waals surface area (Å²) >= 11 is 0. The van der Waals surface area contributed by atoms with Crippen LogP contribution >= 0.6 is 0 Å². The summed E-state index contributed by atoms with van der Waals surface area (Å²) in [5.41, 5.74) is 1.75. The molecule has 45 heavy (non-hydrogen) atoms.